The summed E-state index contributed by atoms with van der Waals surface area (Å²) in [4.78, 5) is 23.3. The summed E-state index contributed by atoms with van der Waals surface area (Å²) in [6.07, 6.45) is 1.43. The van der Waals surface area contributed by atoms with Crippen LogP contribution in [0.5, 0.6) is 0 Å². The second-order valence-electron chi connectivity index (χ2n) is 2.04. The van der Waals surface area contributed by atoms with Crippen LogP contribution in [0.3, 0.4) is 0 Å². The number of nitro groups is 1. The van der Waals surface area contributed by atoms with Crippen LogP contribution in [-0.2, 0) is 0 Å². The molecule has 2 N–H and O–H groups in total. The quantitative estimate of drug-likeness (QED) is 0.390. The zero-order valence-corrected chi connectivity index (χ0v) is 5.93. The van der Waals surface area contributed by atoms with Gasteiger partial charge in [0.15, 0.2) is 6.29 Å². The summed E-state index contributed by atoms with van der Waals surface area (Å²) in [5.74, 6) is -0.00407. The maximum atomic E-state index is 10.3. The normalized spacial score (nSPS) is 9.33. The standard InChI is InChI=1S/C6H5N3O3/c7-6-4(3-10)1-5(2-8-6)9(11)12/h1-3H,(H2,7,8). The minimum absolute atomic E-state index is 0.00407. The molecule has 0 aliphatic heterocycles. The molecule has 6 nitrogen and oxygen atoms in total. The smallest absolute Gasteiger partial charge is 0.288 e. The van der Waals surface area contributed by atoms with Crippen molar-refractivity contribution in [3.63, 3.8) is 0 Å². The lowest BCUT2D eigenvalue weighted by molar-refractivity contribution is -0.385. The fraction of sp³-hybridized carbons (Fsp3) is 0. The molecule has 12 heavy (non-hydrogen) atoms. The van der Waals surface area contributed by atoms with Crippen LogP contribution >= 0.6 is 0 Å². The van der Waals surface area contributed by atoms with Crippen LogP contribution in [0.4, 0.5) is 11.5 Å². The molecule has 0 unspecified atom stereocenters. The molecule has 1 aromatic rings. The Labute approximate surface area is 67.2 Å². The van der Waals surface area contributed by atoms with Crippen LogP contribution in [0.15, 0.2) is 12.3 Å². The number of hydrogen-bond acceptors (Lipinski definition) is 5. The van der Waals surface area contributed by atoms with Gasteiger partial charge in [0, 0.05) is 6.07 Å². The molecule has 0 saturated heterocycles. The van der Waals surface area contributed by atoms with E-state index >= 15 is 0 Å². The van der Waals surface area contributed by atoms with Gasteiger partial charge in [-0.25, -0.2) is 4.98 Å². The molecule has 0 spiro atoms. The lowest BCUT2D eigenvalue weighted by Gasteiger charge is -1.95. The SMILES string of the molecule is Nc1ncc([N+](=O)[O-])cc1C=O. The van der Waals surface area contributed by atoms with Crippen LogP contribution < -0.4 is 5.73 Å². The highest BCUT2D eigenvalue weighted by Gasteiger charge is 2.08. The highest BCUT2D eigenvalue weighted by atomic mass is 16.6. The summed E-state index contributed by atoms with van der Waals surface area (Å²) in [7, 11) is 0. The van der Waals surface area contributed by atoms with Gasteiger partial charge >= 0.3 is 0 Å². The molecule has 0 bridgehead atoms. The van der Waals surface area contributed by atoms with Crippen molar-refractivity contribution in [3.05, 3.63) is 27.9 Å². The Morgan fingerprint density at radius 1 is 1.67 bits per heavy atom. The van der Waals surface area contributed by atoms with Gasteiger partial charge in [-0.3, -0.25) is 14.9 Å². The van der Waals surface area contributed by atoms with E-state index < -0.39 is 4.92 Å². The predicted molar refractivity (Wildman–Crippen MR) is 40.7 cm³/mol. The van der Waals surface area contributed by atoms with Gasteiger partial charge in [-0.2, -0.15) is 0 Å². The molecule has 1 rings (SSSR count). The minimum atomic E-state index is -0.639. The van der Waals surface area contributed by atoms with Crippen molar-refractivity contribution < 1.29 is 9.72 Å². The number of nitrogens with zero attached hydrogens (tertiary/aromatic N) is 2. The first-order valence-corrected chi connectivity index (χ1v) is 3.00. The molecule has 1 heterocycles. The summed E-state index contributed by atoms with van der Waals surface area (Å²) < 4.78 is 0. The number of carbonyl (C=O) groups excluding carboxylic acids is 1. The van der Waals surface area contributed by atoms with E-state index in [1.807, 2.05) is 0 Å². The Bertz CT molecular complexity index is 337. The van der Waals surface area contributed by atoms with Gasteiger partial charge in [-0.15, -0.1) is 0 Å². The fourth-order valence-corrected chi connectivity index (χ4v) is 0.675. The van der Waals surface area contributed by atoms with Crippen molar-refractivity contribution in [1.29, 1.82) is 0 Å². The number of aldehydes is 1. The van der Waals surface area contributed by atoms with Crippen LogP contribution in [0, 0.1) is 10.1 Å². The number of aromatic nitrogens is 1. The Hall–Kier alpha value is -1.98. The van der Waals surface area contributed by atoms with Gasteiger partial charge < -0.3 is 5.73 Å². The third kappa shape index (κ3) is 1.36. The van der Waals surface area contributed by atoms with E-state index in [1.54, 1.807) is 0 Å². The molecule has 6 heteroatoms. The van der Waals surface area contributed by atoms with E-state index in [-0.39, 0.29) is 17.1 Å². The molecular formula is C6H5N3O3. The van der Waals surface area contributed by atoms with Crippen molar-refractivity contribution in [1.82, 2.24) is 4.98 Å². The average molecular weight is 167 g/mol. The Kier molecular flexibility index (Phi) is 2.00. The average Bonchev–Trinajstić information content (AvgIpc) is 2.05. The molecule has 0 aromatic carbocycles. The highest BCUT2D eigenvalue weighted by molar-refractivity contribution is 5.82. The number of anilines is 1. The molecule has 0 fully saturated rings. The van der Waals surface area contributed by atoms with Gasteiger partial charge in [-0.05, 0) is 0 Å². The summed E-state index contributed by atoms with van der Waals surface area (Å²) in [6, 6.07) is 1.08. The van der Waals surface area contributed by atoms with Gasteiger partial charge in [-0.1, -0.05) is 0 Å². The van der Waals surface area contributed by atoms with Crippen LogP contribution in [0.25, 0.3) is 0 Å². The zero-order chi connectivity index (χ0) is 9.14. The topological polar surface area (TPSA) is 99.1 Å². The number of pyridine rings is 1. The summed E-state index contributed by atoms with van der Waals surface area (Å²) in [5, 5.41) is 10.2. The first kappa shape index (κ1) is 8.12. The molecule has 0 atom stereocenters. The molecular weight excluding hydrogens is 162 g/mol. The maximum absolute atomic E-state index is 10.3. The largest absolute Gasteiger partial charge is 0.383 e. The minimum Gasteiger partial charge on any atom is -0.383 e. The molecule has 0 radical (unpaired) electrons. The number of hydrogen-bond donors (Lipinski definition) is 1. The van der Waals surface area contributed by atoms with Crippen molar-refractivity contribution in [2.45, 2.75) is 0 Å². The fourth-order valence-electron chi connectivity index (χ4n) is 0.675. The number of nitrogens with two attached hydrogens (primary N) is 1. The Morgan fingerprint density at radius 2 is 2.33 bits per heavy atom. The summed E-state index contributed by atoms with van der Waals surface area (Å²) in [6.45, 7) is 0. The number of rotatable bonds is 2. The van der Waals surface area contributed by atoms with Crippen molar-refractivity contribution in [2.75, 3.05) is 5.73 Å². The molecule has 0 amide bonds. The second-order valence-corrected chi connectivity index (χ2v) is 2.04. The molecule has 1 aromatic heterocycles. The number of nitrogen functional groups attached to an aromatic ring is 1. The van der Waals surface area contributed by atoms with Crippen LogP contribution in [0.2, 0.25) is 0 Å². The summed E-state index contributed by atoms with van der Waals surface area (Å²) >= 11 is 0. The third-order valence-electron chi connectivity index (χ3n) is 1.27. The number of carbonyl (C=O) groups is 1. The predicted octanol–water partition coefficient (Wildman–Crippen LogP) is 0.384. The molecule has 0 aliphatic rings. The van der Waals surface area contributed by atoms with Crippen molar-refractivity contribution in [2.24, 2.45) is 0 Å². The Morgan fingerprint density at radius 3 is 2.83 bits per heavy atom. The molecule has 0 aliphatic carbocycles. The molecule has 62 valence electrons. The van der Waals surface area contributed by atoms with Gasteiger partial charge in [0.1, 0.15) is 12.0 Å². The first-order chi connectivity index (χ1) is 5.65. The molecule has 0 saturated carbocycles. The van der Waals surface area contributed by atoms with Crippen molar-refractivity contribution >= 4 is 17.8 Å². The Balaban J connectivity index is 3.22. The van der Waals surface area contributed by atoms with Crippen LogP contribution in [0.1, 0.15) is 10.4 Å². The van der Waals surface area contributed by atoms with E-state index in [9.17, 15) is 14.9 Å². The van der Waals surface area contributed by atoms with Crippen LogP contribution in [-0.4, -0.2) is 16.2 Å². The van der Waals surface area contributed by atoms with E-state index in [0.29, 0.717) is 6.29 Å². The lowest BCUT2D eigenvalue weighted by Crippen LogP contribution is -1.98. The monoisotopic (exact) mass is 167 g/mol. The maximum Gasteiger partial charge on any atom is 0.288 e. The third-order valence-corrected chi connectivity index (χ3v) is 1.27. The zero-order valence-electron chi connectivity index (χ0n) is 5.93. The van der Waals surface area contributed by atoms with E-state index in [1.165, 1.54) is 0 Å². The van der Waals surface area contributed by atoms with Gasteiger partial charge in [0.05, 0.1) is 10.5 Å². The van der Waals surface area contributed by atoms with Crippen molar-refractivity contribution in [3.8, 4) is 0 Å². The summed E-state index contributed by atoms with van der Waals surface area (Å²) in [5.41, 5.74) is 5.02. The second kappa shape index (κ2) is 2.95. The van der Waals surface area contributed by atoms with E-state index in [0.717, 1.165) is 12.3 Å². The van der Waals surface area contributed by atoms with Gasteiger partial charge in [0.2, 0.25) is 0 Å². The van der Waals surface area contributed by atoms with E-state index in [4.69, 9.17) is 5.73 Å². The van der Waals surface area contributed by atoms with Gasteiger partial charge in [0.25, 0.3) is 5.69 Å². The lowest BCUT2D eigenvalue weighted by atomic mass is 10.2. The van der Waals surface area contributed by atoms with E-state index in [2.05, 4.69) is 4.98 Å². The highest BCUT2D eigenvalue weighted by Crippen LogP contribution is 2.14. The first-order valence-electron chi connectivity index (χ1n) is 3.00.